The van der Waals surface area contributed by atoms with Gasteiger partial charge in [-0.15, -0.1) is 0 Å². The normalized spacial score (nSPS) is 17.5. The van der Waals surface area contributed by atoms with Gasteiger partial charge in [-0.2, -0.15) is 0 Å². The van der Waals surface area contributed by atoms with Crippen molar-refractivity contribution in [2.24, 2.45) is 5.92 Å². The zero-order valence-corrected chi connectivity index (χ0v) is 18.1. The summed E-state index contributed by atoms with van der Waals surface area (Å²) in [5.74, 6) is 0.863. The van der Waals surface area contributed by atoms with Crippen LogP contribution < -0.4 is 4.72 Å². The number of aryl methyl sites for hydroxylation is 2. The molecule has 1 aliphatic heterocycles. The minimum Gasteiger partial charge on any atom is -0.371 e. The van der Waals surface area contributed by atoms with Gasteiger partial charge in [-0.05, 0) is 80.3 Å². The fourth-order valence-electron chi connectivity index (χ4n) is 4.62. The van der Waals surface area contributed by atoms with Crippen molar-refractivity contribution in [2.75, 3.05) is 17.8 Å². The molecule has 28 heavy (non-hydrogen) atoms. The maximum absolute atomic E-state index is 4.45. The number of benzene rings is 2. The second-order valence-electron chi connectivity index (χ2n) is 8.49. The highest BCUT2D eigenvalue weighted by Crippen LogP contribution is 2.34. The van der Waals surface area contributed by atoms with E-state index in [1.807, 2.05) is 0 Å². The molecule has 0 aromatic heterocycles. The van der Waals surface area contributed by atoms with Crippen molar-refractivity contribution < 1.29 is 0 Å². The second kappa shape index (κ2) is 8.65. The third kappa shape index (κ3) is 4.41. The van der Waals surface area contributed by atoms with Gasteiger partial charge in [0.15, 0.2) is 0 Å². The van der Waals surface area contributed by atoms with Crippen LogP contribution in [0.15, 0.2) is 47.9 Å². The van der Waals surface area contributed by atoms with E-state index in [2.05, 4.69) is 66.4 Å². The monoisotopic (exact) mass is 392 g/mol. The molecule has 1 N–H and O–H groups in total. The fraction of sp³-hybridized carbons (Fsp3) is 0.440. The van der Waals surface area contributed by atoms with E-state index >= 15 is 0 Å². The molecule has 1 saturated carbocycles. The summed E-state index contributed by atoms with van der Waals surface area (Å²) in [7, 11) is 0. The molecule has 2 aromatic rings. The van der Waals surface area contributed by atoms with Crippen LogP contribution in [0.3, 0.4) is 0 Å². The van der Waals surface area contributed by atoms with Crippen molar-refractivity contribution in [2.45, 2.75) is 57.3 Å². The van der Waals surface area contributed by atoms with Crippen LogP contribution in [0.2, 0.25) is 0 Å². The van der Waals surface area contributed by atoms with Gasteiger partial charge in [0.2, 0.25) is 0 Å². The number of hydrogen-bond donors (Lipinski definition) is 1. The highest BCUT2D eigenvalue weighted by atomic mass is 32.2. The molecule has 2 nitrogen and oxygen atoms in total. The van der Waals surface area contributed by atoms with Gasteiger partial charge in [0, 0.05) is 34.9 Å². The minimum absolute atomic E-state index is 0.863. The Balaban J connectivity index is 1.41. The SMILES string of the molecule is C=C1c2ccc(NSc3ccc(C)cc3C)cc2CCN1CC1CCCCC1. The van der Waals surface area contributed by atoms with Crippen molar-refractivity contribution in [1.82, 2.24) is 4.90 Å². The van der Waals surface area contributed by atoms with Gasteiger partial charge < -0.3 is 9.62 Å². The van der Waals surface area contributed by atoms with Gasteiger partial charge in [-0.3, -0.25) is 0 Å². The van der Waals surface area contributed by atoms with Crippen molar-refractivity contribution in [1.29, 1.82) is 0 Å². The smallest absolute Gasteiger partial charge is 0.0446 e. The van der Waals surface area contributed by atoms with E-state index in [9.17, 15) is 0 Å². The lowest BCUT2D eigenvalue weighted by Crippen LogP contribution is -2.34. The van der Waals surface area contributed by atoms with E-state index in [1.165, 1.54) is 77.2 Å². The third-order valence-electron chi connectivity index (χ3n) is 6.26. The van der Waals surface area contributed by atoms with Gasteiger partial charge in [-0.25, -0.2) is 0 Å². The van der Waals surface area contributed by atoms with E-state index in [0.29, 0.717) is 0 Å². The molecule has 2 aromatic carbocycles. The highest BCUT2D eigenvalue weighted by Gasteiger charge is 2.23. The quantitative estimate of drug-likeness (QED) is 0.561. The molecule has 0 atom stereocenters. The summed E-state index contributed by atoms with van der Waals surface area (Å²) in [5, 5.41) is 0. The summed E-state index contributed by atoms with van der Waals surface area (Å²) in [6.07, 6.45) is 8.16. The number of rotatable bonds is 5. The lowest BCUT2D eigenvalue weighted by molar-refractivity contribution is 0.262. The Hall–Kier alpha value is -1.87. The van der Waals surface area contributed by atoms with Gasteiger partial charge >= 0.3 is 0 Å². The molecule has 0 amide bonds. The number of anilines is 1. The Labute approximate surface area is 174 Å². The molecule has 1 fully saturated rings. The van der Waals surface area contributed by atoms with E-state index < -0.39 is 0 Å². The molecule has 0 bridgehead atoms. The number of nitrogens with zero attached hydrogens (tertiary/aromatic N) is 1. The predicted octanol–water partition coefficient (Wildman–Crippen LogP) is 6.83. The topological polar surface area (TPSA) is 15.3 Å². The Morgan fingerprint density at radius 3 is 2.68 bits per heavy atom. The molecule has 2 aliphatic rings. The van der Waals surface area contributed by atoms with E-state index in [-0.39, 0.29) is 0 Å². The largest absolute Gasteiger partial charge is 0.371 e. The highest BCUT2D eigenvalue weighted by molar-refractivity contribution is 8.00. The summed E-state index contributed by atoms with van der Waals surface area (Å²) in [6.45, 7) is 11.1. The maximum Gasteiger partial charge on any atom is 0.0446 e. The summed E-state index contributed by atoms with van der Waals surface area (Å²) in [6, 6.07) is 13.4. The summed E-state index contributed by atoms with van der Waals surface area (Å²) in [4.78, 5) is 3.82. The minimum atomic E-state index is 0.863. The summed E-state index contributed by atoms with van der Waals surface area (Å²) < 4.78 is 3.54. The third-order valence-corrected chi connectivity index (χ3v) is 7.28. The van der Waals surface area contributed by atoms with Crippen LogP contribution in [0.5, 0.6) is 0 Å². The van der Waals surface area contributed by atoms with Crippen molar-refractivity contribution >= 4 is 23.3 Å². The number of fused-ring (bicyclic) bond motifs is 1. The Morgan fingerprint density at radius 1 is 1.07 bits per heavy atom. The van der Waals surface area contributed by atoms with Crippen LogP contribution in [0, 0.1) is 19.8 Å². The van der Waals surface area contributed by atoms with Crippen molar-refractivity contribution in [3.63, 3.8) is 0 Å². The van der Waals surface area contributed by atoms with Crippen molar-refractivity contribution in [3.8, 4) is 0 Å². The first-order valence-electron chi connectivity index (χ1n) is 10.7. The van der Waals surface area contributed by atoms with Crippen LogP contribution in [0.25, 0.3) is 5.70 Å². The first-order valence-corrected chi connectivity index (χ1v) is 11.5. The lowest BCUT2D eigenvalue weighted by Gasteiger charge is -2.36. The zero-order valence-electron chi connectivity index (χ0n) is 17.3. The molecule has 3 heteroatoms. The Kier molecular flexibility index (Phi) is 6.01. The molecular weight excluding hydrogens is 360 g/mol. The van der Waals surface area contributed by atoms with Crippen LogP contribution in [0.1, 0.15) is 54.4 Å². The van der Waals surface area contributed by atoms with Crippen LogP contribution in [-0.4, -0.2) is 18.0 Å². The van der Waals surface area contributed by atoms with Gasteiger partial charge in [0.1, 0.15) is 0 Å². The van der Waals surface area contributed by atoms with E-state index in [0.717, 1.165) is 18.9 Å². The standard InChI is InChI=1S/C25H32N2S/c1-18-9-12-25(19(2)15-18)28-26-23-10-11-24-20(3)27(14-13-22(24)16-23)17-21-7-5-4-6-8-21/h9-12,15-16,21,26H,3-8,13-14,17H2,1-2H3. The Morgan fingerprint density at radius 2 is 1.89 bits per heavy atom. The zero-order chi connectivity index (χ0) is 19.5. The molecule has 0 spiro atoms. The van der Waals surface area contributed by atoms with Gasteiger partial charge in [0.05, 0.1) is 0 Å². The molecule has 4 rings (SSSR count). The lowest BCUT2D eigenvalue weighted by atomic mass is 9.87. The second-order valence-corrected chi connectivity index (χ2v) is 9.34. The maximum atomic E-state index is 4.45. The van der Waals surface area contributed by atoms with Crippen LogP contribution in [0.4, 0.5) is 5.69 Å². The van der Waals surface area contributed by atoms with Crippen LogP contribution >= 0.6 is 11.9 Å². The van der Waals surface area contributed by atoms with Crippen LogP contribution in [-0.2, 0) is 6.42 Å². The molecule has 0 unspecified atom stereocenters. The molecule has 1 heterocycles. The van der Waals surface area contributed by atoms with Crippen molar-refractivity contribution in [3.05, 3.63) is 65.2 Å². The molecule has 148 valence electrons. The van der Waals surface area contributed by atoms with E-state index in [1.54, 1.807) is 11.9 Å². The molecule has 1 aliphatic carbocycles. The molecule has 0 saturated heterocycles. The van der Waals surface area contributed by atoms with E-state index in [4.69, 9.17) is 0 Å². The molecular formula is C25H32N2S. The van der Waals surface area contributed by atoms with Gasteiger partial charge in [-0.1, -0.05) is 49.6 Å². The Bertz CT molecular complexity index is 852. The fourth-order valence-corrected chi connectivity index (χ4v) is 5.33. The first-order chi connectivity index (χ1) is 13.6. The average Bonchev–Trinajstić information content (AvgIpc) is 2.70. The number of nitrogens with one attached hydrogen (secondary N) is 1. The first kappa shape index (κ1) is 19.4. The van der Waals surface area contributed by atoms with Gasteiger partial charge in [0.25, 0.3) is 0 Å². The summed E-state index contributed by atoms with van der Waals surface area (Å²) in [5.41, 5.74) is 7.80. The summed E-state index contributed by atoms with van der Waals surface area (Å²) >= 11 is 1.70. The molecule has 0 radical (unpaired) electrons. The predicted molar refractivity (Wildman–Crippen MR) is 123 cm³/mol. The number of hydrogen-bond acceptors (Lipinski definition) is 3. The average molecular weight is 393 g/mol.